The Bertz CT molecular complexity index is 165. The summed E-state index contributed by atoms with van der Waals surface area (Å²) in [7, 11) is 0. The third-order valence-corrected chi connectivity index (χ3v) is 2.29. The molecule has 1 aliphatic carbocycles. The van der Waals surface area contributed by atoms with Gasteiger partial charge in [-0.1, -0.05) is 28.4 Å². The molecule has 2 radical (unpaired) electrons. The van der Waals surface area contributed by atoms with Crippen molar-refractivity contribution in [3.63, 3.8) is 0 Å². The van der Waals surface area contributed by atoms with Crippen LogP contribution in [0.2, 0.25) is 0 Å². The van der Waals surface area contributed by atoms with E-state index in [4.69, 9.17) is 0 Å². The highest BCUT2D eigenvalue weighted by atomic mass is 79.9. The van der Waals surface area contributed by atoms with E-state index < -0.39 is 0 Å². The van der Waals surface area contributed by atoms with E-state index in [9.17, 15) is 0 Å². The largest absolute Gasteiger partial charge is 0.0645 e. The Morgan fingerprint density at radius 1 is 1.56 bits per heavy atom. The molecule has 0 nitrogen and oxygen atoms in total. The maximum absolute atomic E-state index is 3.43. The quantitative estimate of drug-likeness (QED) is 0.544. The third-order valence-electron chi connectivity index (χ3n) is 1.38. The molecule has 0 aromatic heterocycles. The fourth-order valence-electron chi connectivity index (χ4n) is 0.843. The van der Waals surface area contributed by atoms with E-state index in [2.05, 4.69) is 35.9 Å². The van der Waals surface area contributed by atoms with Crippen LogP contribution in [0.15, 0.2) is 16.1 Å². The number of hydrogen-bond donors (Lipinski definition) is 0. The van der Waals surface area contributed by atoms with Crippen molar-refractivity contribution >= 4 is 15.9 Å². The zero-order chi connectivity index (χ0) is 6.85. The van der Waals surface area contributed by atoms with E-state index in [1.807, 2.05) is 6.08 Å². The summed E-state index contributed by atoms with van der Waals surface area (Å²) in [6, 6.07) is 0. The number of hydrogen-bond acceptors (Lipinski definition) is 0. The summed E-state index contributed by atoms with van der Waals surface area (Å²) >= 11 is 3.43. The summed E-state index contributed by atoms with van der Waals surface area (Å²) in [6.07, 6.45) is 6.20. The van der Waals surface area contributed by atoms with Crippen LogP contribution in [-0.2, 0) is 0 Å². The second-order valence-corrected chi connectivity index (χ2v) is 3.23. The van der Waals surface area contributed by atoms with E-state index in [0.29, 0.717) is 0 Å². The van der Waals surface area contributed by atoms with Gasteiger partial charge in [0.05, 0.1) is 0 Å². The highest BCUT2D eigenvalue weighted by Gasteiger charge is 2.10. The first-order valence-corrected chi connectivity index (χ1v) is 3.77. The van der Waals surface area contributed by atoms with Crippen LogP contribution in [0.25, 0.3) is 0 Å². The number of rotatable bonds is 0. The van der Waals surface area contributed by atoms with E-state index in [-0.39, 0.29) is 0 Å². The van der Waals surface area contributed by atoms with Crippen LogP contribution >= 0.6 is 15.9 Å². The Balaban J connectivity index is 2.74. The summed E-state index contributed by atoms with van der Waals surface area (Å²) < 4.78 is 1.19. The van der Waals surface area contributed by atoms with Crippen LogP contribution in [0.5, 0.6) is 0 Å². The topological polar surface area (TPSA) is 0 Å². The zero-order valence-corrected chi connectivity index (χ0v) is 7.25. The van der Waals surface area contributed by atoms with Gasteiger partial charge in [-0.05, 0) is 25.5 Å². The van der Waals surface area contributed by atoms with Crippen LogP contribution in [0.1, 0.15) is 20.3 Å². The normalized spacial score (nSPS) is 21.2. The minimum absolute atomic E-state index is 1.07. The molecular weight excluding hydrogens is 176 g/mol. The Labute approximate surface area is 64.8 Å². The lowest BCUT2D eigenvalue weighted by molar-refractivity contribution is 0.972. The van der Waals surface area contributed by atoms with Gasteiger partial charge in [0.2, 0.25) is 0 Å². The van der Waals surface area contributed by atoms with Crippen LogP contribution in [-0.4, -0.2) is 0 Å². The number of halogens is 1. The molecule has 0 bridgehead atoms. The lowest BCUT2D eigenvalue weighted by Crippen LogP contribution is -1.96. The van der Waals surface area contributed by atoms with Crippen molar-refractivity contribution in [1.29, 1.82) is 0 Å². The van der Waals surface area contributed by atoms with Crippen molar-refractivity contribution < 1.29 is 0 Å². The van der Waals surface area contributed by atoms with Gasteiger partial charge in [-0.3, -0.25) is 0 Å². The van der Waals surface area contributed by atoms with E-state index >= 15 is 0 Å². The molecule has 0 saturated carbocycles. The lowest BCUT2D eigenvalue weighted by atomic mass is 9.97. The summed E-state index contributed by atoms with van der Waals surface area (Å²) in [4.78, 5) is 0. The minimum atomic E-state index is 1.07. The average Bonchev–Trinajstić information content (AvgIpc) is 1.80. The maximum Gasteiger partial charge on any atom is 0.0131 e. The van der Waals surface area contributed by atoms with E-state index in [0.717, 1.165) is 6.42 Å². The molecule has 0 saturated heterocycles. The molecule has 1 aliphatic rings. The van der Waals surface area contributed by atoms with E-state index in [1.165, 1.54) is 16.0 Å². The molecule has 0 N–H and O–H groups in total. The van der Waals surface area contributed by atoms with Crippen molar-refractivity contribution in [2.75, 3.05) is 0 Å². The molecule has 0 heterocycles. The Hall–Kier alpha value is -0.0400. The second kappa shape index (κ2) is 2.70. The lowest BCUT2D eigenvalue weighted by Gasteiger charge is -2.13. The number of allylic oxidation sites excluding steroid dienone is 4. The fourth-order valence-corrected chi connectivity index (χ4v) is 1.10. The molecule has 1 rings (SSSR count). The van der Waals surface area contributed by atoms with Gasteiger partial charge in [-0.15, -0.1) is 0 Å². The van der Waals surface area contributed by atoms with Crippen molar-refractivity contribution in [3.8, 4) is 0 Å². The van der Waals surface area contributed by atoms with E-state index in [1.54, 1.807) is 0 Å². The SMILES string of the molecule is C[C]1CC(C)=[C]C=C1Br. The molecule has 0 fully saturated rings. The summed E-state index contributed by atoms with van der Waals surface area (Å²) in [5.41, 5.74) is 1.32. The molecule has 0 atom stereocenters. The van der Waals surface area contributed by atoms with Crippen molar-refractivity contribution in [2.45, 2.75) is 20.3 Å². The average molecular weight is 185 g/mol. The second-order valence-electron chi connectivity index (χ2n) is 2.37. The van der Waals surface area contributed by atoms with Crippen LogP contribution in [0.3, 0.4) is 0 Å². The molecule has 0 unspecified atom stereocenters. The summed E-state index contributed by atoms with van der Waals surface area (Å²) in [6.45, 7) is 4.23. The molecule has 0 spiro atoms. The summed E-state index contributed by atoms with van der Waals surface area (Å²) in [5.74, 6) is 1.39. The predicted octanol–water partition coefficient (Wildman–Crippen LogP) is 3.01. The highest BCUT2D eigenvalue weighted by molar-refractivity contribution is 9.11. The minimum Gasteiger partial charge on any atom is -0.0645 e. The zero-order valence-electron chi connectivity index (χ0n) is 5.66. The van der Waals surface area contributed by atoms with Gasteiger partial charge in [0.15, 0.2) is 0 Å². The Kier molecular flexibility index (Phi) is 2.12. The van der Waals surface area contributed by atoms with Crippen LogP contribution in [0.4, 0.5) is 0 Å². The Morgan fingerprint density at radius 3 is 2.67 bits per heavy atom. The van der Waals surface area contributed by atoms with Crippen LogP contribution in [0, 0.1) is 12.0 Å². The van der Waals surface area contributed by atoms with Crippen molar-refractivity contribution in [3.05, 3.63) is 28.1 Å². The molecule has 48 valence electrons. The van der Waals surface area contributed by atoms with Crippen molar-refractivity contribution in [2.24, 2.45) is 0 Å². The maximum atomic E-state index is 3.43. The predicted molar refractivity (Wildman–Crippen MR) is 43.0 cm³/mol. The van der Waals surface area contributed by atoms with Gasteiger partial charge < -0.3 is 0 Å². The monoisotopic (exact) mass is 184 g/mol. The first-order chi connectivity index (χ1) is 4.20. The van der Waals surface area contributed by atoms with Gasteiger partial charge in [-0.25, -0.2) is 0 Å². The fraction of sp³-hybridized carbons (Fsp3) is 0.375. The first kappa shape index (κ1) is 7.07. The first-order valence-electron chi connectivity index (χ1n) is 2.97. The van der Waals surface area contributed by atoms with Crippen LogP contribution < -0.4 is 0 Å². The van der Waals surface area contributed by atoms with Crippen molar-refractivity contribution in [1.82, 2.24) is 0 Å². The highest BCUT2D eigenvalue weighted by Crippen LogP contribution is 2.29. The van der Waals surface area contributed by atoms with Gasteiger partial charge in [0.1, 0.15) is 0 Å². The van der Waals surface area contributed by atoms with Gasteiger partial charge in [-0.2, -0.15) is 0 Å². The van der Waals surface area contributed by atoms with Gasteiger partial charge in [0, 0.05) is 10.4 Å². The smallest absolute Gasteiger partial charge is 0.0131 e. The standard InChI is InChI=1S/C8H9Br/c1-6-3-4-8(9)7(2)5-6/h4H,5H2,1-2H3. The molecular formula is C8H9Br. The summed E-state index contributed by atoms with van der Waals surface area (Å²) in [5, 5.41) is 0. The molecule has 1 heteroatoms. The molecule has 0 aromatic carbocycles. The molecule has 0 aliphatic heterocycles. The van der Waals surface area contributed by atoms with Gasteiger partial charge >= 0.3 is 0 Å². The molecule has 0 aromatic rings. The third kappa shape index (κ3) is 1.68. The molecule has 0 amide bonds. The molecule has 9 heavy (non-hydrogen) atoms. The Morgan fingerprint density at radius 2 is 2.22 bits per heavy atom. The van der Waals surface area contributed by atoms with Gasteiger partial charge in [0.25, 0.3) is 0 Å².